The van der Waals surface area contributed by atoms with Gasteiger partial charge in [-0.1, -0.05) is 141 Å². The van der Waals surface area contributed by atoms with Crippen LogP contribution in [0.5, 0.6) is 0 Å². The van der Waals surface area contributed by atoms with Crippen molar-refractivity contribution in [1.29, 1.82) is 0 Å². The number of hydrogen-bond donors (Lipinski definition) is 3. The monoisotopic (exact) mass is 658 g/mol. The smallest absolute Gasteiger partial charge is 0.220 e. The van der Waals surface area contributed by atoms with Crippen LogP contribution >= 0.6 is 0 Å². The highest BCUT2D eigenvalue weighted by atomic mass is 16.3. The molecule has 0 bridgehead atoms. The summed E-state index contributed by atoms with van der Waals surface area (Å²) in [6, 6.07) is -0.676. The van der Waals surface area contributed by atoms with Gasteiger partial charge >= 0.3 is 0 Å². The number of rotatable bonds is 30. The molecule has 0 aromatic carbocycles. The summed E-state index contributed by atoms with van der Waals surface area (Å²) in [5.41, 5.74) is 0. The van der Waals surface area contributed by atoms with E-state index >= 15 is 0 Å². The molecule has 0 saturated heterocycles. The molecule has 0 aliphatic rings. The minimum absolute atomic E-state index is 0.133. The Labute approximate surface area is 294 Å². The molecule has 4 heteroatoms. The zero-order valence-electron chi connectivity index (χ0n) is 30.2. The molecule has 0 aromatic heterocycles. The molecule has 0 rings (SSSR count). The van der Waals surface area contributed by atoms with Crippen molar-refractivity contribution >= 4 is 5.91 Å². The van der Waals surface area contributed by atoms with Crippen LogP contribution in [0, 0.1) is 0 Å². The number of allylic oxidation sites excluding steroid dienone is 21. The lowest BCUT2D eigenvalue weighted by molar-refractivity contribution is -0.123. The molecular formula is C44H67NO3. The van der Waals surface area contributed by atoms with Crippen molar-refractivity contribution in [3.05, 3.63) is 134 Å². The molecule has 48 heavy (non-hydrogen) atoms. The lowest BCUT2D eigenvalue weighted by atomic mass is 10.1. The van der Waals surface area contributed by atoms with Crippen LogP contribution in [-0.4, -0.2) is 34.9 Å². The highest BCUT2D eigenvalue weighted by Gasteiger charge is 2.17. The second-order valence-electron chi connectivity index (χ2n) is 11.5. The first-order chi connectivity index (χ1) is 23.7. The number of nitrogens with one attached hydrogen (secondary N) is 1. The second kappa shape index (κ2) is 38.0. The third-order valence-corrected chi connectivity index (χ3v) is 7.19. The summed E-state index contributed by atoms with van der Waals surface area (Å²) in [6.45, 7) is 3.89. The summed E-state index contributed by atoms with van der Waals surface area (Å²) in [4.78, 5) is 12.3. The number of aliphatic hydroxyl groups is 2. The highest BCUT2D eigenvalue weighted by Crippen LogP contribution is 2.05. The predicted molar refractivity (Wildman–Crippen MR) is 211 cm³/mol. The lowest BCUT2D eigenvalue weighted by Gasteiger charge is -2.19. The van der Waals surface area contributed by atoms with E-state index in [1.165, 1.54) is 0 Å². The van der Waals surface area contributed by atoms with Gasteiger partial charge in [0, 0.05) is 6.42 Å². The quantitative estimate of drug-likeness (QED) is 0.0532. The standard InChI is InChI=1S/C44H67NO3/c1-3-5-7-9-11-13-14-15-16-17-18-19-20-21-22-23-24-25-26-27-28-29-30-32-34-36-38-40-44(48)45-42(41-46)43(47)39-37-35-33-31-12-10-8-6-4-2/h4-7,11-13,15-16,18-19,21-22,24-25,27-28,30-32,37,39,42-43,46-47H,3,8-10,14,17,20,23,26,29,33-36,38,40-41H2,1-2H3,(H,45,48)/b6-4+,7-5-,13-11-,16-15-,19-18-,22-21-,25-24-,28-27-,31-12+,32-30-,39-37+. The average Bonchev–Trinajstić information content (AvgIpc) is 3.09. The molecule has 0 saturated carbocycles. The summed E-state index contributed by atoms with van der Waals surface area (Å²) in [7, 11) is 0. The molecule has 266 valence electrons. The van der Waals surface area contributed by atoms with Crippen LogP contribution < -0.4 is 5.32 Å². The van der Waals surface area contributed by atoms with Gasteiger partial charge in [0.05, 0.1) is 18.8 Å². The number of unbranched alkanes of at least 4 members (excludes halogenated alkanes) is 4. The summed E-state index contributed by atoms with van der Waals surface area (Å²) in [6.07, 6.45) is 61.3. The lowest BCUT2D eigenvalue weighted by Crippen LogP contribution is -2.45. The fraction of sp³-hybridized carbons (Fsp3) is 0.477. The van der Waals surface area contributed by atoms with E-state index in [9.17, 15) is 15.0 Å². The summed E-state index contributed by atoms with van der Waals surface area (Å²) >= 11 is 0. The second-order valence-corrected chi connectivity index (χ2v) is 11.5. The van der Waals surface area contributed by atoms with Crippen molar-refractivity contribution in [2.24, 2.45) is 0 Å². The molecule has 0 fully saturated rings. The van der Waals surface area contributed by atoms with Crippen LogP contribution in [0.3, 0.4) is 0 Å². The van der Waals surface area contributed by atoms with Gasteiger partial charge in [0.1, 0.15) is 0 Å². The summed E-state index contributed by atoms with van der Waals surface area (Å²) < 4.78 is 0. The van der Waals surface area contributed by atoms with Crippen LogP contribution in [0.4, 0.5) is 0 Å². The minimum Gasteiger partial charge on any atom is -0.394 e. The van der Waals surface area contributed by atoms with Gasteiger partial charge in [-0.2, -0.15) is 0 Å². The molecule has 2 unspecified atom stereocenters. The highest BCUT2D eigenvalue weighted by molar-refractivity contribution is 5.76. The molecular weight excluding hydrogens is 590 g/mol. The Bertz CT molecular complexity index is 1060. The maximum atomic E-state index is 12.3. The zero-order valence-corrected chi connectivity index (χ0v) is 30.2. The first kappa shape index (κ1) is 44.5. The molecule has 0 aliphatic carbocycles. The van der Waals surface area contributed by atoms with E-state index in [4.69, 9.17) is 0 Å². The topological polar surface area (TPSA) is 69.6 Å². The molecule has 0 heterocycles. The number of carbonyl (C=O) groups excluding carboxylic acids is 1. The number of carbonyl (C=O) groups is 1. The van der Waals surface area contributed by atoms with Gasteiger partial charge in [-0.15, -0.1) is 0 Å². The molecule has 4 nitrogen and oxygen atoms in total. The van der Waals surface area contributed by atoms with Gasteiger partial charge in [0.25, 0.3) is 0 Å². The van der Waals surface area contributed by atoms with Gasteiger partial charge < -0.3 is 15.5 Å². The number of aliphatic hydroxyl groups excluding tert-OH is 2. The summed E-state index contributed by atoms with van der Waals surface area (Å²) in [5, 5.41) is 22.7. The van der Waals surface area contributed by atoms with Crippen molar-refractivity contribution in [3.8, 4) is 0 Å². The van der Waals surface area contributed by atoms with Crippen molar-refractivity contribution in [2.75, 3.05) is 6.61 Å². The average molecular weight is 658 g/mol. The SMILES string of the molecule is C/C=C/CC/C=C/CC/C=C/C(O)C(CO)NC(=O)CCCC/C=C\C/C=C\C/C=C\C/C=C\C/C=C\C/C=C\C/C=C\C/C=C\CC. The number of amides is 1. The van der Waals surface area contributed by atoms with Crippen molar-refractivity contribution < 1.29 is 15.0 Å². The fourth-order valence-electron chi connectivity index (χ4n) is 4.40. The first-order valence-corrected chi connectivity index (χ1v) is 18.4. The van der Waals surface area contributed by atoms with E-state index in [1.54, 1.807) is 6.08 Å². The fourth-order valence-corrected chi connectivity index (χ4v) is 4.40. The van der Waals surface area contributed by atoms with Crippen LogP contribution in [0.1, 0.15) is 117 Å². The van der Waals surface area contributed by atoms with Crippen LogP contribution in [0.2, 0.25) is 0 Å². The zero-order chi connectivity index (χ0) is 35.0. The molecule has 0 radical (unpaired) electrons. The molecule has 0 spiro atoms. The Kier molecular flexibility index (Phi) is 35.2. The predicted octanol–water partition coefficient (Wildman–Crippen LogP) is 11.2. The largest absolute Gasteiger partial charge is 0.394 e. The van der Waals surface area contributed by atoms with E-state index in [0.29, 0.717) is 6.42 Å². The Morgan fingerprint density at radius 2 is 0.938 bits per heavy atom. The van der Waals surface area contributed by atoms with E-state index in [-0.39, 0.29) is 12.5 Å². The Morgan fingerprint density at radius 1 is 0.542 bits per heavy atom. The first-order valence-electron chi connectivity index (χ1n) is 18.4. The van der Waals surface area contributed by atoms with Crippen LogP contribution in [-0.2, 0) is 4.79 Å². The number of hydrogen-bond acceptors (Lipinski definition) is 3. The van der Waals surface area contributed by atoms with E-state index in [0.717, 1.165) is 96.3 Å². The van der Waals surface area contributed by atoms with E-state index in [2.05, 4.69) is 134 Å². The van der Waals surface area contributed by atoms with Crippen molar-refractivity contribution in [3.63, 3.8) is 0 Å². The van der Waals surface area contributed by atoms with Gasteiger partial charge in [-0.3, -0.25) is 4.79 Å². The van der Waals surface area contributed by atoms with Gasteiger partial charge in [0.15, 0.2) is 0 Å². The van der Waals surface area contributed by atoms with Crippen molar-refractivity contribution in [1.82, 2.24) is 5.32 Å². The van der Waals surface area contributed by atoms with Gasteiger partial charge in [-0.25, -0.2) is 0 Å². The normalized spacial score (nSPS) is 14.7. The third-order valence-electron chi connectivity index (χ3n) is 7.19. The Morgan fingerprint density at radius 3 is 1.38 bits per heavy atom. The summed E-state index contributed by atoms with van der Waals surface area (Å²) in [5.74, 6) is -0.133. The maximum absolute atomic E-state index is 12.3. The Balaban J connectivity index is 3.82. The van der Waals surface area contributed by atoms with Crippen LogP contribution in [0.25, 0.3) is 0 Å². The minimum atomic E-state index is -0.895. The third kappa shape index (κ3) is 33.9. The maximum Gasteiger partial charge on any atom is 0.220 e. The van der Waals surface area contributed by atoms with Gasteiger partial charge in [-0.05, 0) is 103 Å². The van der Waals surface area contributed by atoms with E-state index < -0.39 is 12.1 Å². The Hall–Kier alpha value is -3.47. The molecule has 2 atom stereocenters. The molecule has 0 aromatic rings. The van der Waals surface area contributed by atoms with Crippen LogP contribution in [0.15, 0.2) is 134 Å². The van der Waals surface area contributed by atoms with Crippen molar-refractivity contribution in [2.45, 2.75) is 129 Å². The van der Waals surface area contributed by atoms with E-state index in [1.807, 2.05) is 13.0 Å². The molecule has 3 N–H and O–H groups in total. The van der Waals surface area contributed by atoms with Gasteiger partial charge in [0.2, 0.25) is 5.91 Å². The molecule has 1 amide bonds. The molecule has 0 aliphatic heterocycles.